The maximum absolute atomic E-state index is 12.8. The van der Waals surface area contributed by atoms with E-state index in [2.05, 4.69) is 33.2 Å². The Balaban J connectivity index is 1.48. The predicted molar refractivity (Wildman–Crippen MR) is 105 cm³/mol. The molecule has 134 valence electrons. The van der Waals surface area contributed by atoms with Crippen LogP contribution >= 0.6 is 0 Å². The second-order valence-electron chi connectivity index (χ2n) is 6.86. The number of benzene rings is 2. The second-order valence-corrected chi connectivity index (χ2v) is 6.86. The average Bonchev–Trinajstić information content (AvgIpc) is 3.13. The highest BCUT2D eigenvalue weighted by atomic mass is 16.1. The van der Waals surface area contributed by atoms with Crippen LogP contribution in [0, 0.1) is 5.92 Å². The minimum Gasteiger partial charge on any atom is -0.342 e. The Hall–Kier alpha value is -2.82. The van der Waals surface area contributed by atoms with Crippen molar-refractivity contribution in [1.82, 2.24) is 9.97 Å². The minimum absolute atomic E-state index is 0.0260. The second kappa shape index (κ2) is 7.20. The Morgan fingerprint density at radius 3 is 2.88 bits per heavy atom. The Morgan fingerprint density at radius 1 is 1.23 bits per heavy atom. The molecule has 5 heteroatoms. The van der Waals surface area contributed by atoms with E-state index in [1.165, 1.54) is 5.56 Å². The quantitative estimate of drug-likeness (QED) is 0.750. The molecule has 0 spiro atoms. The number of fused-ring (bicyclic) bond motifs is 1. The fourth-order valence-electron chi connectivity index (χ4n) is 3.66. The summed E-state index contributed by atoms with van der Waals surface area (Å²) >= 11 is 0. The Kier molecular flexibility index (Phi) is 4.61. The number of rotatable bonds is 4. The number of amides is 1. The maximum atomic E-state index is 12.8. The van der Waals surface area contributed by atoms with Crippen molar-refractivity contribution in [3.8, 4) is 0 Å². The first-order valence-corrected chi connectivity index (χ1v) is 9.33. The van der Waals surface area contributed by atoms with Gasteiger partial charge in [0.25, 0.3) is 0 Å². The zero-order chi connectivity index (χ0) is 17.9. The number of piperidine rings is 1. The highest BCUT2D eigenvalue weighted by Gasteiger charge is 2.27. The molecule has 0 bridgehead atoms. The van der Waals surface area contributed by atoms with Gasteiger partial charge in [0.2, 0.25) is 11.9 Å². The number of nitrogens with one attached hydrogen (secondary N) is 2. The van der Waals surface area contributed by atoms with Gasteiger partial charge in [-0.05, 0) is 43.0 Å². The summed E-state index contributed by atoms with van der Waals surface area (Å²) in [4.78, 5) is 23.1. The van der Waals surface area contributed by atoms with Gasteiger partial charge >= 0.3 is 0 Å². The standard InChI is InChI=1S/C21H24N4O/c1-2-15-8-3-4-10-17(15)22-20(26)16-9-7-13-25(14-16)21-23-18-11-5-6-12-19(18)24-21/h3-6,8,10-12,16H,2,7,9,13-14H2,1H3,(H,22,26)(H,23,24)/t16-/m1/s1. The van der Waals surface area contributed by atoms with Gasteiger partial charge in [0, 0.05) is 18.8 Å². The van der Waals surface area contributed by atoms with E-state index in [0.717, 1.165) is 48.5 Å². The van der Waals surface area contributed by atoms with Crippen LogP contribution in [0.2, 0.25) is 0 Å². The first-order chi connectivity index (χ1) is 12.7. The average molecular weight is 348 g/mol. The SMILES string of the molecule is CCc1ccccc1NC(=O)[C@@H]1CCCN(c2nc3ccccc3[nH]2)C1. The molecule has 0 saturated carbocycles. The summed E-state index contributed by atoms with van der Waals surface area (Å²) in [5.74, 6) is 0.936. The lowest BCUT2D eigenvalue weighted by atomic mass is 9.97. The van der Waals surface area contributed by atoms with Gasteiger partial charge in [-0.3, -0.25) is 4.79 Å². The van der Waals surface area contributed by atoms with E-state index >= 15 is 0 Å². The van der Waals surface area contributed by atoms with Gasteiger partial charge in [0.05, 0.1) is 17.0 Å². The molecule has 1 saturated heterocycles. The van der Waals surface area contributed by atoms with Crippen molar-refractivity contribution >= 4 is 28.6 Å². The highest BCUT2D eigenvalue weighted by Crippen LogP contribution is 2.25. The van der Waals surface area contributed by atoms with Crippen LogP contribution in [0.25, 0.3) is 11.0 Å². The Labute approximate surface area is 153 Å². The third kappa shape index (κ3) is 3.29. The van der Waals surface area contributed by atoms with Crippen LogP contribution < -0.4 is 10.2 Å². The molecular weight excluding hydrogens is 324 g/mol. The molecule has 3 aromatic rings. The summed E-state index contributed by atoms with van der Waals surface area (Å²) in [6.45, 7) is 3.73. The molecule has 0 unspecified atom stereocenters. The zero-order valence-corrected chi connectivity index (χ0v) is 15.0. The van der Waals surface area contributed by atoms with Gasteiger partial charge in [0.15, 0.2) is 0 Å². The number of hydrogen-bond acceptors (Lipinski definition) is 3. The lowest BCUT2D eigenvalue weighted by Gasteiger charge is -2.31. The monoisotopic (exact) mass is 348 g/mol. The summed E-state index contributed by atoms with van der Waals surface area (Å²) in [6.07, 6.45) is 2.81. The van der Waals surface area contributed by atoms with E-state index in [9.17, 15) is 4.79 Å². The molecule has 5 nitrogen and oxygen atoms in total. The number of aromatic nitrogens is 2. The number of carbonyl (C=O) groups is 1. The van der Waals surface area contributed by atoms with Crippen LogP contribution in [0.3, 0.4) is 0 Å². The fraction of sp³-hybridized carbons (Fsp3) is 0.333. The molecule has 1 fully saturated rings. The molecular formula is C21H24N4O. The molecule has 1 aliphatic rings. The van der Waals surface area contributed by atoms with Crippen LogP contribution in [-0.4, -0.2) is 29.0 Å². The van der Waals surface area contributed by atoms with Crippen molar-refractivity contribution in [3.63, 3.8) is 0 Å². The molecule has 0 aliphatic carbocycles. The molecule has 0 radical (unpaired) electrons. The van der Waals surface area contributed by atoms with Crippen molar-refractivity contribution in [3.05, 3.63) is 54.1 Å². The van der Waals surface area contributed by atoms with E-state index in [1.807, 2.05) is 42.5 Å². The Bertz CT molecular complexity index is 884. The van der Waals surface area contributed by atoms with Gasteiger partial charge in [0.1, 0.15) is 0 Å². The topological polar surface area (TPSA) is 61.0 Å². The maximum Gasteiger partial charge on any atom is 0.229 e. The summed E-state index contributed by atoms with van der Waals surface area (Å²) in [7, 11) is 0. The number of nitrogens with zero attached hydrogens (tertiary/aromatic N) is 2. The molecule has 4 rings (SSSR count). The number of aryl methyl sites for hydroxylation is 1. The number of aromatic amines is 1. The summed E-state index contributed by atoms with van der Waals surface area (Å²) in [6, 6.07) is 16.1. The van der Waals surface area contributed by atoms with Crippen molar-refractivity contribution < 1.29 is 4.79 Å². The number of hydrogen-bond donors (Lipinski definition) is 2. The zero-order valence-electron chi connectivity index (χ0n) is 15.0. The molecule has 1 aromatic heterocycles. The summed E-state index contributed by atoms with van der Waals surface area (Å²) in [5, 5.41) is 3.13. The first-order valence-electron chi connectivity index (χ1n) is 9.33. The molecule has 1 amide bonds. The van der Waals surface area contributed by atoms with Crippen LogP contribution in [-0.2, 0) is 11.2 Å². The van der Waals surface area contributed by atoms with E-state index in [-0.39, 0.29) is 11.8 Å². The molecule has 1 atom stereocenters. The highest BCUT2D eigenvalue weighted by molar-refractivity contribution is 5.93. The van der Waals surface area contributed by atoms with Crippen LogP contribution in [0.15, 0.2) is 48.5 Å². The lowest BCUT2D eigenvalue weighted by molar-refractivity contribution is -0.120. The first kappa shape index (κ1) is 16.6. The summed E-state index contributed by atoms with van der Waals surface area (Å²) < 4.78 is 0. The molecule has 26 heavy (non-hydrogen) atoms. The van der Waals surface area contributed by atoms with Crippen molar-refractivity contribution in [2.24, 2.45) is 5.92 Å². The lowest BCUT2D eigenvalue weighted by Crippen LogP contribution is -2.41. The molecule has 2 heterocycles. The third-order valence-electron chi connectivity index (χ3n) is 5.12. The fourth-order valence-corrected chi connectivity index (χ4v) is 3.66. The Morgan fingerprint density at radius 2 is 2.04 bits per heavy atom. The van der Waals surface area contributed by atoms with Crippen LogP contribution in [0.1, 0.15) is 25.3 Å². The number of H-pyrrole nitrogens is 1. The minimum atomic E-state index is -0.0260. The number of imidazole rings is 1. The third-order valence-corrected chi connectivity index (χ3v) is 5.12. The van der Waals surface area contributed by atoms with E-state index in [4.69, 9.17) is 0 Å². The molecule has 2 aromatic carbocycles. The summed E-state index contributed by atoms with van der Waals surface area (Å²) in [5.41, 5.74) is 4.10. The number of carbonyl (C=O) groups excluding carboxylic acids is 1. The van der Waals surface area contributed by atoms with Gasteiger partial charge in [-0.1, -0.05) is 37.3 Å². The van der Waals surface area contributed by atoms with Crippen LogP contribution in [0.5, 0.6) is 0 Å². The normalized spacial score (nSPS) is 17.4. The molecule has 2 N–H and O–H groups in total. The van der Waals surface area contributed by atoms with Gasteiger partial charge < -0.3 is 15.2 Å². The van der Waals surface area contributed by atoms with Gasteiger partial charge in [-0.15, -0.1) is 0 Å². The van der Waals surface area contributed by atoms with E-state index < -0.39 is 0 Å². The van der Waals surface area contributed by atoms with E-state index in [0.29, 0.717) is 6.54 Å². The van der Waals surface area contributed by atoms with Crippen molar-refractivity contribution in [2.75, 3.05) is 23.3 Å². The predicted octanol–water partition coefficient (Wildman–Crippen LogP) is 3.98. The number of para-hydroxylation sites is 3. The van der Waals surface area contributed by atoms with Crippen molar-refractivity contribution in [1.29, 1.82) is 0 Å². The van der Waals surface area contributed by atoms with Crippen LogP contribution in [0.4, 0.5) is 11.6 Å². The largest absolute Gasteiger partial charge is 0.342 e. The van der Waals surface area contributed by atoms with Gasteiger partial charge in [-0.2, -0.15) is 0 Å². The smallest absolute Gasteiger partial charge is 0.229 e. The molecule has 1 aliphatic heterocycles. The number of anilines is 2. The van der Waals surface area contributed by atoms with E-state index in [1.54, 1.807) is 0 Å². The van der Waals surface area contributed by atoms with Gasteiger partial charge in [-0.25, -0.2) is 4.98 Å². The van der Waals surface area contributed by atoms with Crippen molar-refractivity contribution in [2.45, 2.75) is 26.2 Å².